The molecule has 0 bridgehead atoms. The molecule has 1 aromatic heterocycles. The van der Waals surface area contributed by atoms with Gasteiger partial charge in [-0.2, -0.15) is 10.4 Å². The molecule has 2 N–H and O–H groups in total. The molecule has 6 nitrogen and oxygen atoms in total. The zero-order valence-corrected chi connectivity index (χ0v) is 7.92. The van der Waals surface area contributed by atoms with Gasteiger partial charge in [0.15, 0.2) is 5.82 Å². The highest BCUT2D eigenvalue weighted by Crippen LogP contribution is 2.26. The van der Waals surface area contributed by atoms with Gasteiger partial charge >= 0.3 is 0 Å². The first-order chi connectivity index (χ1) is 7.24. The topological polar surface area (TPSA) is 95.9 Å². The summed E-state index contributed by atoms with van der Waals surface area (Å²) in [5, 5.41) is 16.4. The van der Waals surface area contributed by atoms with Gasteiger partial charge in [-0.3, -0.25) is 4.79 Å². The predicted molar refractivity (Wildman–Crippen MR) is 51.7 cm³/mol. The molecule has 1 aliphatic rings. The Balaban J connectivity index is 2.31. The highest BCUT2D eigenvalue weighted by molar-refractivity contribution is 5.85. The number of carbonyl (C=O) groups is 1. The molecule has 0 spiro atoms. The van der Waals surface area contributed by atoms with E-state index < -0.39 is 5.91 Å². The van der Waals surface area contributed by atoms with E-state index >= 15 is 0 Å². The van der Waals surface area contributed by atoms with Crippen molar-refractivity contribution in [1.82, 2.24) is 10.2 Å². The highest BCUT2D eigenvalue weighted by Gasteiger charge is 2.34. The third-order valence-electron chi connectivity index (χ3n) is 2.44. The van der Waals surface area contributed by atoms with Gasteiger partial charge in [0.1, 0.15) is 12.1 Å². The van der Waals surface area contributed by atoms with E-state index in [4.69, 9.17) is 11.0 Å². The van der Waals surface area contributed by atoms with Crippen LogP contribution in [0.15, 0.2) is 12.3 Å². The molecule has 1 aromatic rings. The van der Waals surface area contributed by atoms with Crippen molar-refractivity contribution in [3.8, 4) is 6.07 Å². The van der Waals surface area contributed by atoms with Gasteiger partial charge in [-0.15, -0.1) is 5.10 Å². The summed E-state index contributed by atoms with van der Waals surface area (Å²) in [6, 6.07) is 3.22. The van der Waals surface area contributed by atoms with E-state index in [0.29, 0.717) is 24.3 Å². The second kappa shape index (κ2) is 3.53. The van der Waals surface area contributed by atoms with Crippen molar-refractivity contribution < 1.29 is 4.79 Å². The van der Waals surface area contributed by atoms with E-state index in [1.807, 2.05) is 6.07 Å². The van der Waals surface area contributed by atoms with Gasteiger partial charge in [0, 0.05) is 6.54 Å². The van der Waals surface area contributed by atoms with E-state index in [2.05, 4.69) is 10.2 Å². The monoisotopic (exact) mass is 203 g/mol. The summed E-state index contributed by atoms with van der Waals surface area (Å²) in [7, 11) is 0. The lowest BCUT2D eigenvalue weighted by Crippen LogP contribution is -2.55. The summed E-state index contributed by atoms with van der Waals surface area (Å²) in [6.45, 7) is 0.682. The van der Waals surface area contributed by atoms with Gasteiger partial charge < -0.3 is 10.6 Å². The number of nitriles is 1. The Morgan fingerprint density at radius 1 is 1.73 bits per heavy atom. The third-order valence-corrected chi connectivity index (χ3v) is 2.44. The largest absolute Gasteiger partial charge is 0.368 e. The Kier molecular flexibility index (Phi) is 2.21. The van der Waals surface area contributed by atoms with Crippen molar-refractivity contribution in [3.05, 3.63) is 17.8 Å². The summed E-state index contributed by atoms with van der Waals surface area (Å²) in [6.07, 6.45) is 2.15. The molecule has 2 rings (SSSR count). The fourth-order valence-electron chi connectivity index (χ4n) is 1.56. The lowest BCUT2D eigenvalue weighted by atomic mass is 10.0. The highest BCUT2D eigenvalue weighted by atomic mass is 16.1. The predicted octanol–water partition coefficient (Wildman–Crippen LogP) is -0.588. The molecule has 0 radical (unpaired) electrons. The van der Waals surface area contributed by atoms with Crippen molar-refractivity contribution >= 4 is 11.7 Å². The molecule has 0 aliphatic carbocycles. The van der Waals surface area contributed by atoms with Crippen LogP contribution in [0.25, 0.3) is 0 Å². The molecule has 2 heterocycles. The minimum Gasteiger partial charge on any atom is -0.368 e. The summed E-state index contributed by atoms with van der Waals surface area (Å²) in [5.74, 6) is 0.0471. The van der Waals surface area contributed by atoms with Crippen LogP contribution in [0.3, 0.4) is 0 Å². The first-order valence-electron chi connectivity index (χ1n) is 4.52. The van der Waals surface area contributed by atoms with Crippen molar-refractivity contribution in [2.45, 2.75) is 12.5 Å². The number of rotatable bonds is 2. The standard InChI is InChI=1S/C9H9N5O/c10-5-6-1-3-12-13-9(6)14-4-2-7(14)8(11)15/h1,3,7H,2,4H2,(H2,11,15). The zero-order valence-electron chi connectivity index (χ0n) is 7.92. The minimum absolute atomic E-state index is 0.353. The molecular weight excluding hydrogens is 194 g/mol. The molecule has 1 aliphatic heterocycles. The summed E-state index contributed by atoms with van der Waals surface area (Å²) < 4.78 is 0. The van der Waals surface area contributed by atoms with Crippen LogP contribution in [0.1, 0.15) is 12.0 Å². The summed E-state index contributed by atoms with van der Waals surface area (Å²) in [5.41, 5.74) is 5.62. The average Bonchev–Trinajstić information content (AvgIpc) is 2.16. The van der Waals surface area contributed by atoms with Crippen LogP contribution in [-0.2, 0) is 4.79 Å². The lowest BCUT2D eigenvalue weighted by molar-refractivity contribution is -0.120. The Hall–Kier alpha value is -2.16. The van der Waals surface area contributed by atoms with E-state index in [9.17, 15) is 4.79 Å². The van der Waals surface area contributed by atoms with Crippen LogP contribution >= 0.6 is 0 Å². The number of amides is 1. The van der Waals surface area contributed by atoms with Crippen molar-refractivity contribution in [2.24, 2.45) is 5.73 Å². The Morgan fingerprint density at radius 2 is 2.53 bits per heavy atom. The summed E-state index contributed by atoms with van der Waals surface area (Å²) in [4.78, 5) is 12.7. The molecule has 0 aromatic carbocycles. The number of carbonyl (C=O) groups excluding carboxylic acids is 1. The van der Waals surface area contributed by atoms with Gasteiger partial charge in [0.05, 0.1) is 11.8 Å². The molecule has 15 heavy (non-hydrogen) atoms. The normalized spacial score (nSPS) is 19.1. The fraction of sp³-hybridized carbons (Fsp3) is 0.333. The van der Waals surface area contributed by atoms with Crippen LogP contribution in [0.5, 0.6) is 0 Å². The lowest BCUT2D eigenvalue weighted by Gasteiger charge is -2.39. The second-order valence-electron chi connectivity index (χ2n) is 3.28. The van der Waals surface area contributed by atoms with Crippen LogP contribution in [-0.4, -0.2) is 28.7 Å². The van der Waals surface area contributed by atoms with Gasteiger partial charge in [-0.05, 0) is 12.5 Å². The molecule has 76 valence electrons. The fourth-order valence-corrected chi connectivity index (χ4v) is 1.56. The van der Waals surface area contributed by atoms with Crippen molar-refractivity contribution in [1.29, 1.82) is 5.26 Å². The molecule has 1 unspecified atom stereocenters. The molecule has 1 amide bonds. The van der Waals surface area contributed by atoms with Crippen molar-refractivity contribution in [3.63, 3.8) is 0 Å². The molecule has 1 atom stereocenters. The number of nitrogens with zero attached hydrogens (tertiary/aromatic N) is 4. The van der Waals surface area contributed by atoms with Crippen LogP contribution in [0.4, 0.5) is 5.82 Å². The van der Waals surface area contributed by atoms with Crippen LogP contribution in [0, 0.1) is 11.3 Å². The maximum absolute atomic E-state index is 11.0. The second-order valence-corrected chi connectivity index (χ2v) is 3.28. The number of hydrogen-bond donors (Lipinski definition) is 1. The van der Waals surface area contributed by atoms with E-state index in [0.717, 1.165) is 0 Å². The third kappa shape index (κ3) is 1.48. The number of hydrogen-bond acceptors (Lipinski definition) is 5. The van der Waals surface area contributed by atoms with E-state index in [1.165, 1.54) is 6.20 Å². The van der Waals surface area contributed by atoms with E-state index in [-0.39, 0.29) is 6.04 Å². The van der Waals surface area contributed by atoms with Crippen LogP contribution in [0.2, 0.25) is 0 Å². The Labute approximate surface area is 86.3 Å². The van der Waals surface area contributed by atoms with Gasteiger partial charge in [-0.1, -0.05) is 0 Å². The molecule has 0 saturated carbocycles. The van der Waals surface area contributed by atoms with E-state index in [1.54, 1.807) is 11.0 Å². The number of primary amides is 1. The number of aromatic nitrogens is 2. The van der Waals surface area contributed by atoms with Gasteiger partial charge in [-0.25, -0.2) is 0 Å². The van der Waals surface area contributed by atoms with Crippen molar-refractivity contribution in [2.75, 3.05) is 11.4 Å². The molecule has 1 fully saturated rings. The maximum atomic E-state index is 11.0. The van der Waals surface area contributed by atoms with Gasteiger partial charge in [0.2, 0.25) is 5.91 Å². The zero-order chi connectivity index (χ0) is 10.8. The average molecular weight is 203 g/mol. The number of anilines is 1. The molecular formula is C9H9N5O. The SMILES string of the molecule is N#Cc1ccnnc1N1CCC1C(N)=O. The van der Waals surface area contributed by atoms with Gasteiger partial charge in [0.25, 0.3) is 0 Å². The summed E-state index contributed by atoms with van der Waals surface area (Å²) >= 11 is 0. The van der Waals surface area contributed by atoms with Crippen LogP contribution < -0.4 is 10.6 Å². The molecule has 6 heteroatoms. The Bertz CT molecular complexity index is 438. The molecule has 1 saturated heterocycles. The minimum atomic E-state index is -0.393. The first kappa shape index (κ1) is 9.40. The Morgan fingerprint density at radius 3 is 3.07 bits per heavy atom. The first-order valence-corrected chi connectivity index (χ1v) is 4.52. The maximum Gasteiger partial charge on any atom is 0.240 e. The number of nitrogens with two attached hydrogens (primary N) is 1. The quantitative estimate of drug-likeness (QED) is 0.693. The smallest absolute Gasteiger partial charge is 0.240 e.